The molecule has 0 aliphatic rings. The predicted octanol–water partition coefficient (Wildman–Crippen LogP) is 20.1. The Morgan fingerprint density at radius 2 is 0.533 bits per heavy atom. The lowest BCUT2D eigenvalue weighted by atomic mass is 10.00. The zero-order valence-electron chi connectivity index (χ0n) is 58.8. The summed E-state index contributed by atoms with van der Waals surface area (Å²) in [5.74, 6) is 0.853. The van der Waals surface area contributed by atoms with Crippen LogP contribution in [0.4, 0.5) is 0 Å². The third-order valence-electron chi connectivity index (χ3n) is 16.7. The standard InChI is InChI=1S/C71H138O17P2/c1-9-64(8)50-42-34-29-30-36-44-52-69(74)82-58-67(88-70(75)53-45-37-26-20-15-13-11-10-12-14-18-23-31-39-47-61(2)3)60-86-90(79,80)84-56-65(72)55-83-89(77,78)85-59-66(57-81-68(73)51-43-35-28-22-25-33-41-49-63(6)7)87-71(76)54-46-38-27-21-17-16-19-24-32-40-48-62(4)5/h61-67,72H,9-60H2,1-8H3,(H,77,78)(H,79,80)/t64?,65-,66-,67-/m1/s1. The molecule has 0 aliphatic carbocycles. The summed E-state index contributed by atoms with van der Waals surface area (Å²) in [6, 6.07) is 0. The summed E-state index contributed by atoms with van der Waals surface area (Å²) >= 11 is 0. The van der Waals surface area contributed by atoms with Crippen LogP contribution in [0.1, 0.15) is 351 Å². The molecule has 0 aliphatic heterocycles. The molecule has 0 radical (unpaired) electrons. The molecular weight excluding hydrogens is 1190 g/mol. The van der Waals surface area contributed by atoms with Gasteiger partial charge in [-0.25, -0.2) is 9.13 Å². The van der Waals surface area contributed by atoms with Gasteiger partial charge in [-0.3, -0.25) is 37.3 Å². The molecule has 0 aromatic rings. The van der Waals surface area contributed by atoms with Crippen molar-refractivity contribution in [3.8, 4) is 0 Å². The normalized spacial score (nSPS) is 14.6. The number of phosphoric acid groups is 2. The average molecular weight is 1330 g/mol. The van der Waals surface area contributed by atoms with E-state index in [4.69, 9.17) is 37.0 Å². The summed E-state index contributed by atoms with van der Waals surface area (Å²) in [6.07, 6.45) is 43.2. The molecule has 0 fully saturated rings. The van der Waals surface area contributed by atoms with Crippen molar-refractivity contribution in [1.82, 2.24) is 0 Å². The molecule has 0 saturated heterocycles. The van der Waals surface area contributed by atoms with E-state index in [0.717, 1.165) is 120 Å². The van der Waals surface area contributed by atoms with Gasteiger partial charge in [0.15, 0.2) is 12.2 Å². The van der Waals surface area contributed by atoms with E-state index in [1.165, 1.54) is 141 Å². The fourth-order valence-corrected chi connectivity index (χ4v) is 12.2. The Bertz CT molecular complexity index is 1780. The highest BCUT2D eigenvalue weighted by Crippen LogP contribution is 2.45. The van der Waals surface area contributed by atoms with Crippen LogP contribution in [-0.4, -0.2) is 96.7 Å². The van der Waals surface area contributed by atoms with E-state index in [-0.39, 0.29) is 25.7 Å². The minimum absolute atomic E-state index is 0.105. The van der Waals surface area contributed by atoms with E-state index in [0.29, 0.717) is 31.6 Å². The monoisotopic (exact) mass is 1320 g/mol. The lowest BCUT2D eigenvalue weighted by Crippen LogP contribution is -2.30. The Morgan fingerprint density at radius 3 is 0.789 bits per heavy atom. The predicted molar refractivity (Wildman–Crippen MR) is 363 cm³/mol. The van der Waals surface area contributed by atoms with Gasteiger partial charge in [0.25, 0.3) is 0 Å². The third kappa shape index (κ3) is 63.5. The molecule has 0 rings (SSSR count). The summed E-state index contributed by atoms with van der Waals surface area (Å²) in [4.78, 5) is 72.6. The second-order valence-electron chi connectivity index (χ2n) is 27.3. The highest BCUT2D eigenvalue weighted by molar-refractivity contribution is 7.47. The van der Waals surface area contributed by atoms with Crippen molar-refractivity contribution in [2.45, 2.75) is 369 Å². The first-order valence-corrected chi connectivity index (χ1v) is 39.7. The van der Waals surface area contributed by atoms with Gasteiger partial charge in [0.2, 0.25) is 0 Å². The largest absolute Gasteiger partial charge is 0.472 e. The van der Waals surface area contributed by atoms with Crippen LogP contribution in [0.2, 0.25) is 0 Å². The number of aliphatic hydroxyl groups excluding tert-OH is 1. The van der Waals surface area contributed by atoms with E-state index >= 15 is 0 Å². The fraction of sp³-hybridized carbons (Fsp3) is 0.944. The number of hydrogen-bond donors (Lipinski definition) is 3. The maximum absolute atomic E-state index is 13.0. The van der Waals surface area contributed by atoms with Crippen LogP contribution in [0.5, 0.6) is 0 Å². The second kappa shape index (κ2) is 60.7. The molecule has 3 N–H and O–H groups in total. The smallest absolute Gasteiger partial charge is 0.462 e. The highest BCUT2D eigenvalue weighted by Gasteiger charge is 2.30. The molecule has 6 atom stereocenters. The molecule has 17 nitrogen and oxygen atoms in total. The topological polar surface area (TPSA) is 237 Å². The van der Waals surface area contributed by atoms with Crippen molar-refractivity contribution in [3.05, 3.63) is 0 Å². The minimum Gasteiger partial charge on any atom is -0.462 e. The van der Waals surface area contributed by atoms with Crippen molar-refractivity contribution in [2.75, 3.05) is 39.6 Å². The molecule has 0 aromatic carbocycles. The number of esters is 4. The van der Waals surface area contributed by atoms with Gasteiger partial charge < -0.3 is 33.8 Å². The number of carbonyl (C=O) groups is 4. The number of ether oxygens (including phenoxy) is 4. The van der Waals surface area contributed by atoms with Gasteiger partial charge in [0, 0.05) is 25.7 Å². The summed E-state index contributed by atoms with van der Waals surface area (Å²) in [5.41, 5.74) is 0. The average Bonchev–Trinajstić information content (AvgIpc) is 3.71. The first-order chi connectivity index (χ1) is 43.1. The number of phosphoric ester groups is 2. The van der Waals surface area contributed by atoms with E-state index < -0.39 is 97.5 Å². The quantitative estimate of drug-likeness (QED) is 0.0222. The Labute approximate surface area is 549 Å². The maximum Gasteiger partial charge on any atom is 0.472 e. The lowest BCUT2D eigenvalue weighted by molar-refractivity contribution is -0.161. The first-order valence-electron chi connectivity index (χ1n) is 36.7. The molecule has 0 amide bonds. The van der Waals surface area contributed by atoms with E-state index in [1.54, 1.807) is 0 Å². The van der Waals surface area contributed by atoms with Gasteiger partial charge in [-0.15, -0.1) is 0 Å². The molecule has 0 saturated carbocycles. The number of hydrogen-bond acceptors (Lipinski definition) is 15. The van der Waals surface area contributed by atoms with Crippen LogP contribution >= 0.6 is 15.6 Å². The zero-order chi connectivity index (χ0) is 66.8. The van der Waals surface area contributed by atoms with Gasteiger partial charge in [0.05, 0.1) is 26.4 Å². The summed E-state index contributed by atoms with van der Waals surface area (Å²) in [7, 11) is -9.90. The van der Waals surface area contributed by atoms with Crippen molar-refractivity contribution < 1.29 is 80.2 Å². The van der Waals surface area contributed by atoms with Gasteiger partial charge in [0.1, 0.15) is 19.3 Å². The van der Waals surface area contributed by atoms with Crippen LogP contribution in [0.25, 0.3) is 0 Å². The second-order valence-corrected chi connectivity index (χ2v) is 30.2. The number of aliphatic hydroxyl groups is 1. The van der Waals surface area contributed by atoms with Gasteiger partial charge in [-0.05, 0) is 49.4 Å². The summed E-state index contributed by atoms with van der Waals surface area (Å²) < 4.78 is 68.3. The van der Waals surface area contributed by atoms with E-state index in [9.17, 15) is 43.2 Å². The molecule has 534 valence electrons. The summed E-state index contributed by atoms with van der Waals surface area (Å²) in [6.45, 7) is 14.1. The van der Waals surface area contributed by atoms with Crippen LogP contribution in [0, 0.1) is 23.7 Å². The number of unbranched alkanes of at least 4 members (excludes halogenated alkanes) is 33. The van der Waals surface area contributed by atoms with Gasteiger partial charge in [-0.2, -0.15) is 0 Å². The van der Waals surface area contributed by atoms with Crippen LogP contribution in [-0.2, 0) is 65.4 Å². The SMILES string of the molecule is CCC(C)CCCCCCCCC(=O)OC[C@H](COP(=O)(O)OC[C@H](O)COP(=O)(O)OC[C@@H](COC(=O)CCCCCCCCCC(C)C)OC(=O)CCCCCCCCCCCCC(C)C)OC(=O)CCCCCCCCCCCCCCCCC(C)C. The van der Waals surface area contributed by atoms with Gasteiger partial charge in [-0.1, -0.05) is 299 Å². The first kappa shape index (κ1) is 88.1. The molecule has 90 heavy (non-hydrogen) atoms. The molecule has 0 bridgehead atoms. The Hall–Kier alpha value is -1.94. The molecule has 0 spiro atoms. The molecule has 19 heteroatoms. The molecule has 3 unspecified atom stereocenters. The molecule has 0 heterocycles. The Morgan fingerprint density at radius 1 is 0.311 bits per heavy atom. The minimum atomic E-state index is -4.95. The highest BCUT2D eigenvalue weighted by atomic mass is 31.2. The van der Waals surface area contributed by atoms with Crippen LogP contribution in [0.3, 0.4) is 0 Å². The molecular formula is C71H138O17P2. The van der Waals surface area contributed by atoms with Gasteiger partial charge >= 0.3 is 39.5 Å². The maximum atomic E-state index is 13.0. The fourth-order valence-electron chi connectivity index (χ4n) is 10.6. The number of carbonyl (C=O) groups excluding carboxylic acids is 4. The summed E-state index contributed by atoms with van der Waals surface area (Å²) in [5, 5.41) is 10.6. The molecule has 0 aromatic heterocycles. The lowest BCUT2D eigenvalue weighted by Gasteiger charge is -2.21. The van der Waals surface area contributed by atoms with Crippen molar-refractivity contribution in [1.29, 1.82) is 0 Å². The van der Waals surface area contributed by atoms with Crippen LogP contribution < -0.4 is 0 Å². The van der Waals surface area contributed by atoms with E-state index in [1.807, 2.05) is 0 Å². The van der Waals surface area contributed by atoms with E-state index in [2.05, 4.69) is 55.4 Å². The van der Waals surface area contributed by atoms with Crippen molar-refractivity contribution in [3.63, 3.8) is 0 Å². The third-order valence-corrected chi connectivity index (χ3v) is 18.6. The Balaban J connectivity index is 5.24. The van der Waals surface area contributed by atoms with Crippen molar-refractivity contribution >= 4 is 39.5 Å². The number of rotatable bonds is 68. The van der Waals surface area contributed by atoms with Crippen LogP contribution in [0.15, 0.2) is 0 Å². The zero-order valence-corrected chi connectivity index (χ0v) is 60.6. The Kier molecular flexibility index (Phi) is 59.4. The van der Waals surface area contributed by atoms with Crippen molar-refractivity contribution in [2.24, 2.45) is 23.7 Å².